The van der Waals surface area contributed by atoms with Gasteiger partial charge in [-0.05, 0) is 25.0 Å². The topological polar surface area (TPSA) is 93.2 Å². The summed E-state index contributed by atoms with van der Waals surface area (Å²) in [6.07, 6.45) is 1.05. The highest BCUT2D eigenvalue weighted by molar-refractivity contribution is 5.88. The third-order valence-corrected chi connectivity index (χ3v) is 3.99. The Morgan fingerprint density at radius 1 is 1.17 bits per heavy atom. The molecule has 2 saturated heterocycles. The van der Waals surface area contributed by atoms with E-state index in [0.29, 0.717) is 25.1 Å². The lowest BCUT2D eigenvalue weighted by Crippen LogP contribution is -2.61. The van der Waals surface area contributed by atoms with Crippen LogP contribution in [0.1, 0.15) is 19.3 Å². The number of para-hydroxylation sites is 1. The number of nitrogens with zero attached hydrogens (tertiary/aromatic N) is 3. The van der Waals surface area contributed by atoms with Crippen molar-refractivity contribution in [1.29, 1.82) is 0 Å². The zero-order chi connectivity index (χ0) is 16.4. The molecule has 1 aromatic carbocycles. The second-order valence-corrected chi connectivity index (χ2v) is 5.52. The second kappa shape index (κ2) is 6.15. The average molecular weight is 318 g/mol. The fourth-order valence-electron chi connectivity index (χ4n) is 2.87. The summed E-state index contributed by atoms with van der Waals surface area (Å²) in [4.78, 5) is 36.5. The number of carboxylic acid groups (broad SMARTS) is 1. The molecule has 1 aromatic rings. The highest BCUT2D eigenvalue weighted by atomic mass is 16.4. The maximum atomic E-state index is 12.8. The fourth-order valence-corrected chi connectivity index (χ4v) is 2.87. The van der Waals surface area contributed by atoms with Crippen LogP contribution in [0, 0.1) is 0 Å². The lowest BCUT2D eigenvalue weighted by Gasteiger charge is -2.41. The van der Waals surface area contributed by atoms with Gasteiger partial charge in [-0.15, -0.1) is 0 Å². The number of anilines is 1. The minimum Gasteiger partial charge on any atom is -0.480 e. The van der Waals surface area contributed by atoms with Crippen LogP contribution in [-0.4, -0.2) is 57.2 Å². The Morgan fingerprint density at radius 3 is 2.61 bits per heavy atom. The minimum atomic E-state index is -1.10. The molecule has 0 aromatic heterocycles. The predicted octanol–water partition coefficient (Wildman–Crippen LogP) is 1.13. The summed E-state index contributed by atoms with van der Waals surface area (Å²) in [5.74, 6) is -1.33. The number of carboxylic acids is 1. The number of hydrazine groups is 2. The average Bonchev–Trinajstić information content (AvgIpc) is 2.68. The maximum Gasteiger partial charge on any atom is 0.358 e. The van der Waals surface area contributed by atoms with Crippen LogP contribution in [0.15, 0.2) is 30.3 Å². The van der Waals surface area contributed by atoms with Crippen LogP contribution in [0.4, 0.5) is 10.5 Å². The first-order valence-corrected chi connectivity index (χ1v) is 7.53. The Kier molecular flexibility index (Phi) is 4.05. The zero-order valence-electron chi connectivity index (χ0n) is 12.5. The van der Waals surface area contributed by atoms with Crippen molar-refractivity contribution in [2.24, 2.45) is 0 Å². The second-order valence-electron chi connectivity index (χ2n) is 5.52. The lowest BCUT2D eigenvalue weighted by atomic mass is 10.1. The van der Waals surface area contributed by atoms with E-state index in [2.05, 4.69) is 5.43 Å². The number of urea groups is 1. The van der Waals surface area contributed by atoms with E-state index in [9.17, 15) is 19.5 Å². The summed E-state index contributed by atoms with van der Waals surface area (Å²) in [5.41, 5.74) is 3.65. The van der Waals surface area contributed by atoms with Crippen LogP contribution in [0.5, 0.6) is 0 Å². The first-order chi connectivity index (χ1) is 11.1. The number of carbonyl (C=O) groups excluding carboxylic acids is 2. The number of aliphatic carboxylic acids is 1. The standard InChI is InChI=1S/C15H18N4O4/c20-13-8-10-17(16-11-5-2-1-3-6-11)15(23)19-12(14(21)22)7-4-9-18(13)19/h1-3,5-6,12,16H,4,7-10H2,(H,21,22)/t12-/m0/s1. The quantitative estimate of drug-likeness (QED) is 0.871. The van der Waals surface area contributed by atoms with Gasteiger partial charge < -0.3 is 5.11 Å². The van der Waals surface area contributed by atoms with Crippen molar-refractivity contribution in [3.63, 3.8) is 0 Å². The van der Waals surface area contributed by atoms with Gasteiger partial charge in [0, 0.05) is 13.0 Å². The van der Waals surface area contributed by atoms with Crippen molar-refractivity contribution in [1.82, 2.24) is 15.0 Å². The number of nitrogens with one attached hydrogen (secondary N) is 1. The van der Waals surface area contributed by atoms with Crippen LogP contribution in [0.25, 0.3) is 0 Å². The first-order valence-electron chi connectivity index (χ1n) is 7.53. The van der Waals surface area contributed by atoms with E-state index in [0.717, 1.165) is 5.01 Å². The number of carbonyl (C=O) groups is 3. The lowest BCUT2D eigenvalue weighted by molar-refractivity contribution is -0.162. The Morgan fingerprint density at radius 2 is 1.91 bits per heavy atom. The van der Waals surface area contributed by atoms with E-state index >= 15 is 0 Å². The van der Waals surface area contributed by atoms with Crippen molar-refractivity contribution in [2.45, 2.75) is 25.3 Å². The molecule has 2 aliphatic heterocycles. The molecule has 122 valence electrons. The van der Waals surface area contributed by atoms with Crippen molar-refractivity contribution in [2.75, 3.05) is 18.5 Å². The van der Waals surface area contributed by atoms with Gasteiger partial charge >= 0.3 is 12.0 Å². The zero-order valence-corrected chi connectivity index (χ0v) is 12.5. The van der Waals surface area contributed by atoms with E-state index in [-0.39, 0.29) is 18.9 Å². The van der Waals surface area contributed by atoms with Gasteiger partial charge in [0.1, 0.15) is 0 Å². The monoisotopic (exact) mass is 318 g/mol. The summed E-state index contributed by atoms with van der Waals surface area (Å²) < 4.78 is 0. The molecule has 3 rings (SSSR count). The molecule has 0 radical (unpaired) electrons. The van der Waals surface area contributed by atoms with Crippen LogP contribution >= 0.6 is 0 Å². The summed E-state index contributed by atoms with van der Waals surface area (Å²) in [6.45, 7) is 0.555. The van der Waals surface area contributed by atoms with Crippen LogP contribution in [0.3, 0.4) is 0 Å². The molecule has 2 heterocycles. The van der Waals surface area contributed by atoms with Crippen molar-refractivity contribution < 1.29 is 19.5 Å². The first kappa shape index (κ1) is 15.1. The third-order valence-electron chi connectivity index (χ3n) is 3.99. The summed E-state index contributed by atoms with van der Waals surface area (Å²) in [5, 5.41) is 13.0. The van der Waals surface area contributed by atoms with Crippen LogP contribution in [0.2, 0.25) is 0 Å². The molecule has 8 nitrogen and oxygen atoms in total. The molecule has 1 atom stereocenters. The summed E-state index contributed by atoms with van der Waals surface area (Å²) in [6, 6.07) is 7.55. The van der Waals surface area contributed by atoms with Crippen molar-refractivity contribution in [3.8, 4) is 0 Å². The predicted molar refractivity (Wildman–Crippen MR) is 81.0 cm³/mol. The number of hydrogen-bond acceptors (Lipinski definition) is 4. The molecule has 0 bridgehead atoms. The molecule has 8 heteroatoms. The molecular weight excluding hydrogens is 300 g/mol. The molecule has 0 aliphatic carbocycles. The molecular formula is C15H18N4O4. The van der Waals surface area contributed by atoms with Gasteiger partial charge in [0.15, 0.2) is 6.04 Å². The molecule has 2 N–H and O–H groups in total. The molecule has 0 spiro atoms. The van der Waals surface area contributed by atoms with E-state index in [1.54, 1.807) is 12.1 Å². The van der Waals surface area contributed by atoms with Crippen molar-refractivity contribution >= 4 is 23.6 Å². The number of rotatable bonds is 3. The smallest absolute Gasteiger partial charge is 0.358 e. The van der Waals surface area contributed by atoms with Crippen LogP contribution < -0.4 is 5.43 Å². The maximum absolute atomic E-state index is 12.8. The highest BCUT2D eigenvalue weighted by Gasteiger charge is 2.43. The molecule has 2 aliphatic rings. The van der Waals surface area contributed by atoms with Gasteiger partial charge in [-0.1, -0.05) is 18.2 Å². The van der Waals surface area contributed by atoms with E-state index in [4.69, 9.17) is 0 Å². The van der Waals surface area contributed by atoms with Gasteiger partial charge in [0.05, 0.1) is 12.2 Å². The van der Waals surface area contributed by atoms with E-state index < -0.39 is 18.0 Å². The molecule has 2 fully saturated rings. The largest absolute Gasteiger partial charge is 0.480 e. The Labute approximate surface area is 133 Å². The van der Waals surface area contributed by atoms with Gasteiger partial charge in [0.25, 0.3) is 0 Å². The van der Waals surface area contributed by atoms with Gasteiger partial charge in [-0.25, -0.2) is 24.6 Å². The van der Waals surface area contributed by atoms with E-state index in [1.807, 2.05) is 18.2 Å². The minimum absolute atomic E-state index is 0.147. The molecule has 23 heavy (non-hydrogen) atoms. The van der Waals surface area contributed by atoms with Gasteiger partial charge in [-0.3, -0.25) is 10.2 Å². The number of hydrogen-bond donors (Lipinski definition) is 2. The summed E-state index contributed by atoms with van der Waals surface area (Å²) >= 11 is 0. The number of amides is 3. The number of fused-ring (bicyclic) bond motifs is 1. The SMILES string of the molecule is O=C(O)[C@@H]1CCCN2C(=O)CCN(Nc3ccccc3)C(=O)N12. The van der Waals surface area contributed by atoms with Gasteiger partial charge in [0.2, 0.25) is 5.91 Å². The van der Waals surface area contributed by atoms with E-state index in [1.165, 1.54) is 10.0 Å². The third kappa shape index (κ3) is 2.92. The normalized spacial score (nSPS) is 21.7. The fraction of sp³-hybridized carbons (Fsp3) is 0.400. The Bertz CT molecular complexity index is 621. The van der Waals surface area contributed by atoms with Crippen LogP contribution in [-0.2, 0) is 9.59 Å². The molecule has 0 unspecified atom stereocenters. The molecule has 3 amide bonds. The molecule has 0 saturated carbocycles. The van der Waals surface area contributed by atoms with Crippen molar-refractivity contribution in [3.05, 3.63) is 30.3 Å². The van der Waals surface area contributed by atoms with Gasteiger partial charge in [-0.2, -0.15) is 0 Å². The Balaban J connectivity index is 1.87. The number of benzene rings is 1. The Hall–Kier alpha value is -2.77. The summed E-state index contributed by atoms with van der Waals surface area (Å²) in [7, 11) is 0. The highest BCUT2D eigenvalue weighted by Crippen LogP contribution is 2.24.